The molecule has 0 bridgehead atoms. The average molecular weight is 214 g/mol. The minimum Gasteiger partial charge on any atom is -0.379 e. The fourth-order valence-electron chi connectivity index (χ4n) is 2.04. The summed E-state index contributed by atoms with van der Waals surface area (Å²) in [5.74, 6) is 0. The first-order chi connectivity index (χ1) is 6.99. The Morgan fingerprint density at radius 3 is 2.73 bits per heavy atom. The summed E-state index contributed by atoms with van der Waals surface area (Å²) in [7, 11) is 0. The third-order valence-electron chi connectivity index (χ3n) is 2.72. The topological polar surface area (TPSA) is 24.5 Å². The van der Waals surface area contributed by atoms with Crippen molar-refractivity contribution in [2.45, 2.75) is 45.8 Å². The second-order valence-corrected chi connectivity index (χ2v) is 5.36. The van der Waals surface area contributed by atoms with E-state index in [2.05, 4.69) is 37.9 Å². The van der Waals surface area contributed by atoms with Crippen LogP contribution in [0.1, 0.15) is 34.1 Å². The minimum absolute atomic E-state index is 0.275. The van der Waals surface area contributed by atoms with E-state index < -0.39 is 0 Å². The van der Waals surface area contributed by atoms with Gasteiger partial charge in [-0.1, -0.05) is 0 Å². The van der Waals surface area contributed by atoms with Gasteiger partial charge in [0.05, 0.1) is 6.10 Å². The van der Waals surface area contributed by atoms with E-state index in [-0.39, 0.29) is 5.54 Å². The standard InChI is InChI=1S/C12H26N2O/c1-11(2)15-9-5-7-14-8-6-13-12(3,4)10-14/h11,13H,5-10H2,1-4H3. The van der Waals surface area contributed by atoms with Gasteiger partial charge in [0.1, 0.15) is 0 Å². The van der Waals surface area contributed by atoms with Gasteiger partial charge in [0, 0.05) is 38.3 Å². The Morgan fingerprint density at radius 1 is 1.40 bits per heavy atom. The molecule has 1 aliphatic heterocycles. The Bertz CT molecular complexity index is 180. The zero-order valence-electron chi connectivity index (χ0n) is 10.7. The van der Waals surface area contributed by atoms with E-state index in [4.69, 9.17) is 4.74 Å². The maximum atomic E-state index is 5.54. The number of hydrogen-bond acceptors (Lipinski definition) is 3. The van der Waals surface area contributed by atoms with Gasteiger partial charge in [-0.25, -0.2) is 0 Å². The highest BCUT2D eigenvalue weighted by molar-refractivity contribution is 4.86. The van der Waals surface area contributed by atoms with E-state index >= 15 is 0 Å². The largest absolute Gasteiger partial charge is 0.379 e. The summed E-state index contributed by atoms with van der Waals surface area (Å²) >= 11 is 0. The summed E-state index contributed by atoms with van der Waals surface area (Å²) in [5, 5.41) is 3.52. The Labute approximate surface area is 94.2 Å². The van der Waals surface area contributed by atoms with Crippen molar-refractivity contribution in [2.24, 2.45) is 0 Å². The highest BCUT2D eigenvalue weighted by atomic mass is 16.5. The second-order valence-electron chi connectivity index (χ2n) is 5.36. The van der Waals surface area contributed by atoms with Crippen molar-refractivity contribution < 1.29 is 4.74 Å². The van der Waals surface area contributed by atoms with Crippen molar-refractivity contribution >= 4 is 0 Å². The first kappa shape index (κ1) is 12.9. The fourth-order valence-corrected chi connectivity index (χ4v) is 2.04. The van der Waals surface area contributed by atoms with Gasteiger partial charge < -0.3 is 15.0 Å². The third-order valence-corrected chi connectivity index (χ3v) is 2.72. The maximum Gasteiger partial charge on any atom is 0.0518 e. The van der Waals surface area contributed by atoms with Crippen LogP contribution in [-0.4, -0.2) is 49.3 Å². The van der Waals surface area contributed by atoms with Gasteiger partial charge >= 0.3 is 0 Å². The number of piperazine rings is 1. The summed E-state index contributed by atoms with van der Waals surface area (Å²) in [5.41, 5.74) is 0.275. The van der Waals surface area contributed by atoms with Crippen LogP contribution in [0.2, 0.25) is 0 Å². The predicted molar refractivity (Wildman–Crippen MR) is 64.2 cm³/mol. The molecule has 1 heterocycles. The Hall–Kier alpha value is -0.120. The average Bonchev–Trinajstić information content (AvgIpc) is 2.10. The summed E-state index contributed by atoms with van der Waals surface area (Å²) in [6.45, 7) is 14.2. The lowest BCUT2D eigenvalue weighted by Gasteiger charge is -2.39. The van der Waals surface area contributed by atoms with E-state index in [0.29, 0.717) is 6.10 Å². The monoisotopic (exact) mass is 214 g/mol. The highest BCUT2D eigenvalue weighted by Gasteiger charge is 2.24. The molecule has 90 valence electrons. The lowest BCUT2D eigenvalue weighted by atomic mass is 10.0. The molecule has 0 atom stereocenters. The molecule has 1 fully saturated rings. The molecule has 0 aliphatic carbocycles. The van der Waals surface area contributed by atoms with Crippen LogP contribution in [0.25, 0.3) is 0 Å². The van der Waals surface area contributed by atoms with Gasteiger partial charge in [-0.3, -0.25) is 0 Å². The molecule has 3 nitrogen and oxygen atoms in total. The molecule has 0 saturated carbocycles. The Morgan fingerprint density at radius 2 is 2.13 bits per heavy atom. The first-order valence-electron chi connectivity index (χ1n) is 6.08. The second kappa shape index (κ2) is 5.83. The summed E-state index contributed by atoms with van der Waals surface area (Å²) in [6.07, 6.45) is 1.51. The third kappa shape index (κ3) is 5.50. The van der Waals surface area contributed by atoms with E-state index in [1.165, 1.54) is 6.54 Å². The predicted octanol–water partition coefficient (Wildman–Crippen LogP) is 1.49. The van der Waals surface area contributed by atoms with Gasteiger partial charge in [-0.05, 0) is 34.1 Å². The van der Waals surface area contributed by atoms with Gasteiger partial charge in [0.2, 0.25) is 0 Å². The van der Waals surface area contributed by atoms with Crippen LogP contribution in [-0.2, 0) is 4.74 Å². The Balaban J connectivity index is 2.11. The van der Waals surface area contributed by atoms with Gasteiger partial charge in [-0.15, -0.1) is 0 Å². The van der Waals surface area contributed by atoms with Crippen LogP contribution in [0.5, 0.6) is 0 Å². The SMILES string of the molecule is CC(C)OCCCN1CCNC(C)(C)C1. The number of hydrogen-bond donors (Lipinski definition) is 1. The molecule has 0 aromatic rings. The van der Waals surface area contributed by atoms with E-state index in [0.717, 1.165) is 32.7 Å². The molecule has 0 aromatic carbocycles. The van der Waals surface area contributed by atoms with Gasteiger partial charge in [0.15, 0.2) is 0 Å². The number of nitrogens with one attached hydrogen (secondary N) is 1. The van der Waals surface area contributed by atoms with Crippen molar-refractivity contribution in [3.8, 4) is 0 Å². The van der Waals surface area contributed by atoms with Crippen LogP contribution in [0.3, 0.4) is 0 Å². The van der Waals surface area contributed by atoms with E-state index in [1.54, 1.807) is 0 Å². The van der Waals surface area contributed by atoms with Gasteiger partial charge in [-0.2, -0.15) is 0 Å². The quantitative estimate of drug-likeness (QED) is 0.702. The van der Waals surface area contributed by atoms with E-state index in [1.807, 2.05) is 0 Å². The molecular formula is C12H26N2O. The van der Waals surface area contributed by atoms with Crippen molar-refractivity contribution in [3.63, 3.8) is 0 Å². The van der Waals surface area contributed by atoms with Crippen molar-refractivity contribution in [3.05, 3.63) is 0 Å². The molecule has 1 rings (SSSR count). The Kier molecular flexibility index (Phi) is 5.03. The number of nitrogens with zero attached hydrogens (tertiary/aromatic N) is 1. The molecule has 0 radical (unpaired) electrons. The lowest BCUT2D eigenvalue weighted by Crippen LogP contribution is -2.57. The molecule has 0 aromatic heterocycles. The molecule has 0 amide bonds. The summed E-state index contributed by atoms with van der Waals surface area (Å²) < 4.78 is 5.54. The van der Waals surface area contributed by atoms with Crippen LogP contribution in [0, 0.1) is 0 Å². The smallest absolute Gasteiger partial charge is 0.0518 e. The van der Waals surface area contributed by atoms with Crippen molar-refractivity contribution in [2.75, 3.05) is 32.8 Å². The molecule has 3 heteroatoms. The minimum atomic E-state index is 0.275. The van der Waals surface area contributed by atoms with Crippen LogP contribution < -0.4 is 5.32 Å². The zero-order valence-corrected chi connectivity index (χ0v) is 10.7. The van der Waals surface area contributed by atoms with Crippen LogP contribution in [0.15, 0.2) is 0 Å². The molecule has 1 aliphatic rings. The van der Waals surface area contributed by atoms with Crippen LogP contribution >= 0.6 is 0 Å². The molecule has 15 heavy (non-hydrogen) atoms. The fraction of sp³-hybridized carbons (Fsp3) is 1.00. The van der Waals surface area contributed by atoms with Crippen LogP contribution in [0.4, 0.5) is 0 Å². The number of ether oxygens (including phenoxy) is 1. The number of rotatable bonds is 5. The normalized spacial score (nSPS) is 22.2. The molecule has 1 saturated heterocycles. The van der Waals surface area contributed by atoms with Gasteiger partial charge in [0.25, 0.3) is 0 Å². The molecule has 1 N–H and O–H groups in total. The molecular weight excluding hydrogens is 188 g/mol. The zero-order chi connectivity index (χ0) is 11.3. The molecule has 0 unspecified atom stereocenters. The summed E-state index contributed by atoms with van der Waals surface area (Å²) in [4.78, 5) is 2.53. The van der Waals surface area contributed by atoms with Crippen molar-refractivity contribution in [1.29, 1.82) is 0 Å². The van der Waals surface area contributed by atoms with Crippen molar-refractivity contribution in [1.82, 2.24) is 10.2 Å². The highest BCUT2D eigenvalue weighted by Crippen LogP contribution is 2.10. The maximum absolute atomic E-state index is 5.54. The van der Waals surface area contributed by atoms with E-state index in [9.17, 15) is 0 Å². The molecule has 0 spiro atoms. The first-order valence-corrected chi connectivity index (χ1v) is 6.08. The summed E-state index contributed by atoms with van der Waals surface area (Å²) in [6, 6.07) is 0. The lowest BCUT2D eigenvalue weighted by molar-refractivity contribution is 0.0648.